The summed E-state index contributed by atoms with van der Waals surface area (Å²) in [5.74, 6) is 3.20. The van der Waals surface area contributed by atoms with Crippen LogP contribution in [0.5, 0.6) is 5.75 Å². The lowest BCUT2D eigenvalue weighted by Crippen LogP contribution is -2.53. The van der Waals surface area contributed by atoms with Gasteiger partial charge in [-0.05, 0) is 130 Å². The third-order valence-corrected chi connectivity index (χ3v) is 10.9. The number of nitrogens with one attached hydrogen (secondary N) is 1. The molecule has 0 saturated heterocycles. The number of benzene rings is 1. The molecule has 4 fully saturated rings. The van der Waals surface area contributed by atoms with Gasteiger partial charge < -0.3 is 19.9 Å². The predicted molar refractivity (Wildman–Crippen MR) is 137 cm³/mol. The molecule has 38 heavy (non-hydrogen) atoms. The van der Waals surface area contributed by atoms with Crippen LogP contribution in [0.1, 0.15) is 82.0 Å². The van der Waals surface area contributed by atoms with Crippen molar-refractivity contribution in [3.63, 3.8) is 0 Å². The van der Waals surface area contributed by atoms with E-state index in [4.69, 9.17) is 4.74 Å². The predicted octanol–water partition coefficient (Wildman–Crippen LogP) is 6.35. The van der Waals surface area contributed by atoms with Crippen LogP contribution in [-0.4, -0.2) is 42.7 Å². The number of halogens is 3. The minimum absolute atomic E-state index is 0.0183. The zero-order valence-corrected chi connectivity index (χ0v) is 22.7. The Hall–Kier alpha value is -1.80. The molecule has 4 aliphatic rings. The van der Waals surface area contributed by atoms with Gasteiger partial charge in [-0.25, -0.2) is 0 Å². The fourth-order valence-corrected chi connectivity index (χ4v) is 9.42. The molecular weight excluding hydrogens is 495 g/mol. The molecule has 5 nitrogen and oxygen atoms in total. The molecule has 1 unspecified atom stereocenters. The highest BCUT2D eigenvalue weighted by Crippen LogP contribution is 2.65. The highest BCUT2D eigenvalue weighted by molar-refractivity contribution is 5.94. The first-order valence-electron chi connectivity index (χ1n) is 14.3. The first-order chi connectivity index (χ1) is 17.9. The van der Waals surface area contributed by atoms with Crippen molar-refractivity contribution in [2.45, 2.75) is 89.6 Å². The van der Waals surface area contributed by atoms with Crippen molar-refractivity contribution < 1.29 is 32.5 Å². The number of ether oxygens (including phenoxy) is 2. The zero-order valence-electron chi connectivity index (χ0n) is 22.7. The average molecular weight is 538 g/mol. The molecule has 5 rings (SSSR count). The number of alkyl halides is 3. The molecule has 212 valence electrons. The van der Waals surface area contributed by atoms with Gasteiger partial charge in [0.2, 0.25) is 0 Å². The summed E-state index contributed by atoms with van der Waals surface area (Å²) in [4.78, 5) is 13.0. The Kier molecular flexibility index (Phi) is 7.53. The molecule has 4 aliphatic carbocycles. The summed E-state index contributed by atoms with van der Waals surface area (Å²) in [6.45, 7) is 4.95. The van der Waals surface area contributed by atoms with Crippen LogP contribution in [0.2, 0.25) is 0 Å². The SMILES string of the molecule is COC[C@@]1(O)CC[C@H]2[C@H](CC[C@@H]3[C@@H]2CC[C@]2(C)C([C@H](C)NC(=O)c4ccc(OC(F)(F)F)cc4)CC[C@@H]32)C1. The summed E-state index contributed by atoms with van der Waals surface area (Å²) < 4.78 is 46.6. The Bertz CT molecular complexity index is 1000. The summed E-state index contributed by atoms with van der Waals surface area (Å²) in [5, 5.41) is 14.2. The van der Waals surface area contributed by atoms with Gasteiger partial charge in [0.1, 0.15) is 5.75 Å². The Morgan fingerprint density at radius 3 is 2.45 bits per heavy atom. The van der Waals surface area contributed by atoms with E-state index in [9.17, 15) is 23.1 Å². The molecular formula is C30H42F3NO4. The van der Waals surface area contributed by atoms with E-state index in [1.807, 2.05) is 0 Å². The summed E-state index contributed by atoms with van der Waals surface area (Å²) >= 11 is 0. The van der Waals surface area contributed by atoms with Crippen LogP contribution in [-0.2, 0) is 4.74 Å². The Morgan fingerprint density at radius 1 is 1.05 bits per heavy atom. The first kappa shape index (κ1) is 27.8. The molecule has 0 radical (unpaired) electrons. The van der Waals surface area contributed by atoms with Crippen LogP contribution < -0.4 is 10.1 Å². The van der Waals surface area contributed by atoms with Crippen molar-refractivity contribution in [2.24, 2.45) is 40.9 Å². The fourth-order valence-electron chi connectivity index (χ4n) is 9.42. The third-order valence-electron chi connectivity index (χ3n) is 10.9. The smallest absolute Gasteiger partial charge is 0.406 e. The molecule has 1 aromatic carbocycles. The number of aliphatic hydroxyl groups is 1. The lowest BCUT2D eigenvalue weighted by Gasteiger charge is -2.57. The maximum Gasteiger partial charge on any atom is 0.573 e. The molecule has 0 aliphatic heterocycles. The molecule has 0 bridgehead atoms. The normalized spacial score (nSPS) is 39.4. The van der Waals surface area contributed by atoms with Gasteiger partial charge in [0.05, 0.1) is 12.2 Å². The van der Waals surface area contributed by atoms with Crippen molar-refractivity contribution in [2.75, 3.05) is 13.7 Å². The number of fused-ring (bicyclic) bond motifs is 5. The number of hydrogen-bond donors (Lipinski definition) is 2. The van der Waals surface area contributed by atoms with E-state index >= 15 is 0 Å². The van der Waals surface area contributed by atoms with Gasteiger partial charge in [0.25, 0.3) is 5.91 Å². The molecule has 0 spiro atoms. The molecule has 1 aromatic rings. The van der Waals surface area contributed by atoms with Crippen LogP contribution in [0.15, 0.2) is 24.3 Å². The molecule has 9 atom stereocenters. The summed E-state index contributed by atoms with van der Waals surface area (Å²) in [6, 6.07) is 5.10. The lowest BCUT2D eigenvalue weighted by molar-refractivity contribution is -0.274. The number of carbonyl (C=O) groups excluding carboxylic acids is 1. The first-order valence-corrected chi connectivity index (χ1v) is 14.3. The van der Waals surface area contributed by atoms with Crippen LogP contribution >= 0.6 is 0 Å². The number of methoxy groups -OCH3 is 1. The van der Waals surface area contributed by atoms with E-state index in [1.54, 1.807) is 7.11 Å². The van der Waals surface area contributed by atoms with Gasteiger partial charge in [-0.3, -0.25) is 4.79 Å². The van der Waals surface area contributed by atoms with Gasteiger partial charge in [-0.1, -0.05) is 6.92 Å². The van der Waals surface area contributed by atoms with Crippen LogP contribution in [0.4, 0.5) is 13.2 Å². The standard InChI is InChI=1S/C30H42F3NO4/c1-18(34-27(35)19-4-7-21(8-5-19)38-30(31,32)33)25-10-11-26-24-9-6-20-16-29(36,17-37-3)15-13-22(20)23(24)12-14-28(25,26)2/h4-5,7-8,18,20,22-26,36H,6,9-17H2,1-3H3,(H,34,35)/t18-,20+,22-,23+,24+,25?,26-,28+,29+/m0/s1. The number of rotatable bonds is 6. The number of hydrogen-bond acceptors (Lipinski definition) is 4. The van der Waals surface area contributed by atoms with E-state index in [0.29, 0.717) is 35.8 Å². The maximum absolute atomic E-state index is 13.0. The van der Waals surface area contributed by atoms with Gasteiger partial charge >= 0.3 is 6.36 Å². The van der Waals surface area contributed by atoms with Crippen LogP contribution in [0, 0.1) is 40.9 Å². The molecule has 0 heterocycles. The van der Waals surface area contributed by atoms with Gasteiger partial charge in [0.15, 0.2) is 0 Å². The monoisotopic (exact) mass is 537 g/mol. The quantitative estimate of drug-likeness (QED) is 0.444. The highest BCUT2D eigenvalue weighted by Gasteiger charge is 2.58. The van der Waals surface area contributed by atoms with Gasteiger partial charge in [0, 0.05) is 18.7 Å². The summed E-state index contributed by atoms with van der Waals surface area (Å²) in [6.07, 6.45) is 5.13. The van der Waals surface area contributed by atoms with Crippen molar-refractivity contribution in [1.82, 2.24) is 5.32 Å². The molecule has 1 amide bonds. The Labute approximate surface area is 223 Å². The second-order valence-electron chi connectivity index (χ2n) is 12.9. The minimum Gasteiger partial charge on any atom is -0.406 e. The second-order valence-corrected chi connectivity index (χ2v) is 12.9. The van der Waals surface area contributed by atoms with E-state index in [2.05, 4.69) is 23.9 Å². The maximum atomic E-state index is 13.0. The Balaban J connectivity index is 1.22. The fraction of sp³-hybridized carbons (Fsp3) is 0.767. The van der Waals surface area contributed by atoms with Crippen molar-refractivity contribution in [1.29, 1.82) is 0 Å². The number of carbonyl (C=O) groups is 1. The number of amides is 1. The lowest BCUT2D eigenvalue weighted by atomic mass is 9.48. The molecule has 4 saturated carbocycles. The largest absolute Gasteiger partial charge is 0.573 e. The van der Waals surface area contributed by atoms with Gasteiger partial charge in [-0.2, -0.15) is 0 Å². The van der Waals surface area contributed by atoms with Gasteiger partial charge in [-0.15, -0.1) is 13.2 Å². The molecule has 2 N–H and O–H groups in total. The van der Waals surface area contributed by atoms with Crippen LogP contribution in [0.25, 0.3) is 0 Å². The Morgan fingerprint density at radius 2 is 1.76 bits per heavy atom. The topological polar surface area (TPSA) is 67.8 Å². The van der Waals surface area contributed by atoms with E-state index in [-0.39, 0.29) is 23.1 Å². The summed E-state index contributed by atoms with van der Waals surface area (Å²) in [7, 11) is 1.67. The third kappa shape index (κ3) is 5.32. The zero-order chi connectivity index (χ0) is 27.3. The molecule has 0 aromatic heterocycles. The van der Waals surface area contributed by atoms with Crippen LogP contribution in [0.3, 0.4) is 0 Å². The van der Waals surface area contributed by atoms with Crippen molar-refractivity contribution >= 4 is 5.91 Å². The highest BCUT2D eigenvalue weighted by atomic mass is 19.4. The van der Waals surface area contributed by atoms with E-state index in [0.717, 1.165) is 37.5 Å². The average Bonchev–Trinajstić information content (AvgIpc) is 3.20. The molecule has 8 heteroatoms. The van der Waals surface area contributed by atoms with Crippen molar-refractivity contribution in [3.05, 3.63) is 29.8 Å². The minimum atomic E-state index is -4.75. The van der Waals surface area contributed by atoms with Crippen molar-refractivity contribution in [3.8, 4) is 5.75 Å². The van der Waals surface area contributed by atoms with E-state index in [1.165, 1.54) is 56.4 Å². The second kappa shape index (κ2) is 10.3. The van der Waals surface area contributed by atoms with E-state index < -0.39 is 12.0 Å². The summed E-state index contributed by atoms with van der Waals surface area (Å²) in [5.41, 5.74) is -0.154.